The molecule has 0 fully saturated rings. The number of nitrogens with one attached hydrogen (secondary N) is 1. The van der Waals surface area contributed by atoms with Gasteiger partial charge in [-0.1, -0.05) is 25.0 Å². The fraction of sp³-hybridized carbons (Fsp3) is 0.667. The molecule has 0 aliphatic carbocycles. The first-order valence-electron chi connectivity index (χ1n) is 8.11. The van der Waals surface area contributed by atoms with Gasteiger partial charge < -0.3 is 10.1 Å². The van der Waals surface area contributed by atoms with Crippen molar-refractivity contribution in [3.8, 4) is 5.75 Å². The molecular weight excluding hydrogens is 278 g/mol. The Kier molecular flexibility index (Phi) is 6.43. The summed E-state index contributed by atoms with van der Waals surface area (Å²) in [6.45, 7) is 6.40. The highest BCUT2D eigenvalue weighted by atomic mass is 32.2. The van der Waals surface area contributed by atoms with Crippen molar-refractivity contribution >= 4 is 11.8 Å². The second kappa shape index (κ2) is 8.09. The minimum atomic E-state index is -0.0365. The van der Waals surface area contributed by atoms with Crippen molar-refractivity contribution < 1.29 is 4.74 Å². The summed E-state index contributed by atoms with van der Waals surface area (Å²) in [5.74, 6) is 2.37. The number of hydrogen-bond donors (Lipinski definition) is 1. The lowest BCUT2D eigenvalue weighted by Gasteiger charge is -2.16. The van der Waals surface area contributed by atoms with Crippen LogP contribution >= 0.6 is 11.8 Å². The van der Waals surface area contributed by atoms with Gasteiger partial charge in [-0.15, -0.1) is 0 Å². The molecule has 0 unspecified atom stereocenters. The predicted molar refractivity (Wildman–Crippen MR) is 93.4 cm³/mol. The molecule has 2 nitrogen and oxygen atoms in total. The lowest BCUT2D eigenvalue weighted by molar-refractivity contribution is 0.138. The molecule has 1 aliphatic rings. The van der Waals surface area contributed by atoms with Crippen LogP contribution in [-0.4, -0.2) is 24.2 Å². The Balaban J connectivity index is 1.64. The molecule has 1 aromatic carbocycles. The molecule has 0 amide bonds. The molecule has 0 spiro atoms. The SMILES string of the molecule is CSCCCCCCNCc1ccc2c(c1)CC(C)(C)O2. The Morgan fingerprint density at radius 1 is 1.19 bits per heavy atom. The molecule has 118 valence electrons. The van der Waals surface area contributed by atoms with Crippen LogP contribution in [0.2, 0.25) is 0 Å². The smallest absolute Gasteiger partial charge is 0.123 e. The van der Waals surface area contributed by atoms with Crippen LogP contribution < -0.4 is 10.1 Å². The van der Waals surface area contributed by atoms with Crippen LogP contribution in [0.3, 0.4) is 0 Å². The molecule has 0 saturated carbocycles. The zero-order valence-electron chi connectivity index (χ0n) is 13.7. The summed E-state index contributed by atoms with van der Waals surface area (Å²) in [6, 6.07) is 6.62. The molecule has 1 heterocycles. The monoisotopic (exact) mass is 307 g/mol. The lowest BCUT2D eigenvalue weighted by Crippen LogP contribution is -2.24. The average Bonchev–Trinajstić information content (AvgIpc) is 2.75. The molecule has 2 rings (SSSR count). The molecule has 0 bridgehead atoms. The van der Waals surface area contributed by atoms with Crippen LogP contribution in [0.5, 0.6) is 5.75 Å². The first-order valence-corrected chi connectivity index (χ1v) is 9.50. The van der Waals surface area contributed by atoms with Gasteiger partial charge in [-0.25, -0.2) is 0 Å². The number of benzene rings is 1. The van der Waals surface area contributed by atoms with Crippen molar-refractivity contribution in [3.63, 3.8) is 0 Å². The molecule has 21 heavy (non-hydrogen) atoms. The van der Waals surface area contributed by atoms with E-state index in [0.717, 1.165) is 25.3 Å². The lowest BCUT2D eigenvalue weighted by atomic mass is 10.0. The van der Waals surface area contributed by atoms with Gasteiger partial charge in [0, 0.05) is 13.0 Å². The second-order valence-electron chi connectivity index (χ2n) is 6.56. The molecule has 0 atom stereocenters. The van der Waals surface area contributed by atoms with Gasteiger partial charge in [0.2, 0.25) is 0 Å². The van der Waals surface area contributed by atoms with E-state index in [1.54, 1.807) is 0 Å². The van der Waals surface area contributed by atoms with Gasteiger partial charge in [0.25, 0.3) is 0 Å². The number of hydrogen-bond acceptors (Lipinski definition) is 3. The van der Waals surface area contributed by atoms with E-state index in [1.165, 1.54) is 42.6 Å². The van der Waals surface area contributed by atoms with Gasteiger partial charge in [0.05, 0.1) is 0 Å². The molecular formula is C18H29NOS. The fourth-order valence-electron chi connectivity index (χ4n) is 2.86. The van der Waals surface area contributed by atoms with E-state index in [9.17, 15) is 0 Å². The van der Waals surface area contributed by atoms with Crippen LogP contribution in [0.25, 0.3) is 0 Å². The van der Waals surface area contributed by atoms with Crippen LogP contribution in [-0.2, 0) is 13.0 Å². The first kappa shape index (κ1) is 16.7. The molecule has 3 heteroatoms. The van der Waals surface area contributed by atoms with Gasteiger partial charge in [-0.3, -0.25) is 0 Å². The Bertz CT molecular complexity index is 445. The molecule has 1 aromatic rings. The van der Waals surface area contributed by atoms with E-state index in [4.69, 9.17) is 4.74 Å². The number of unbranched alkanes of at least 4 members (excludes halogenated alkanes) is 3. The van der Waals surface area contributed by atoms with Crippen molar-refractivity contribution in [1.82, 2.24) is 5.32 Å². The second-order valence-corrected chi connectivity index (χ2v) is 7.55. The summed E-state index contributed by atoms with van der Waals surface area (Å²) in [6.07, 6.45) is 8.57. The standard InChI is InChI=1S/C18H29NOS/c1-18(2)13-16-12-15(8-9-17(16)20-18)14-19-10-6-4-5-7-11-21-3/h8-9,12,19H,4-7,10-11,13-14H2,1-3H3. The topological polar surface area (TPSA) is 21.3 Å². The maximum Gasteiger partial charge on any atom is 0.123 e. The summed E-state index contributed by atoms with van der Waals surface area (Å²) in [4.78, 5) is 0. The molecule has 1 N–H and O–H groups in total. The Labute approximate surface area is 134 Å². The predicted octanol–water partition coefficient (Wildman–Crippen LogP) is 4.41. The average molecular weight is 308 g/mol. The van der Waals surface area contributed by atoms with Gasteiger partial charge in [-0.05, 0) is 62.4 Å². The third kappa shape index (κ3) is 5.55. The third-order valence-electron chi connectivity index (χ3n) is 3.91. The van der Waals surface area contributed by atoms with Gasteiger partial charge in [-0.2, -0.15) is 11.8 Å². The van der Waals surface area contributed by atoms with E-state index in [1.807, 2.05) is 11.8 Å². The maximum absolute atomic E-state index is 5.92. The Morgan fingerprint density at radius 2 is 2.00 bits per heavy atom. The van der Waals surface area contributed by atoms with E-state index in [2.05, 4.69) is 43.6 Å². The highest BCUT2D eigenvalue weighted by Crippen LogP contribution is 2.35. The van der Waals surface area contributed by atoms with Crippen LogP contribution in [0.4, 0.5) is 0 Å². The quantitative estimate of drug-likeness (QED) is 0.683. The summed E-state index contributed by atoms with van der Waals surface area (Å²) in [5.41, 5.74) is 2.69. The molecule has 0 radical (unpaired) electrons. The van der Waals surface area contributed by atoms with Crippen molar-refractivity contribution in [2.75, 3.05) is 18.6 Å². The highest BCUT2D eigenvalue weighted by molar-refractivity contribution is 7.98. The molecule has 1 aliphatic heterocycles. The van der Waals surface area contributed by atoms with Gasteiger partial charge in [0.15, 0.2) is 0 Å². The van der Waals surface area contributed by atoms with Crippen molar-refractivity contribution in [2.24, 2.45) is 0 Å². The minimum absolute atomic E-state index is 0.0365. The van der Waals surface area contributed by atoms with Crippen LogP contribution in [0.1, 0.15) is 50.7 Å². The van der Waals surface area contributed by atoms with E-state index in [0.29, 0.717) is 0 Å². The highest BCUT2D eigenvalue weighted by Gasteiger charge is 2.29. The summed E-state index contributed by atoms with van der Waals surface area (Å²) in [5, 5.41) is 3.56. The molecule has 0 saturated heterocycles. The van der Waals surface area contributed by atoms with Crippen molar-refractivity contribution in [3.05, 3.63) is 29.3 Å². The van der Waals surface area contributed by atoms with Crippen LogP contribution in [0.15, 0.2) is 18.2 Å². The van der Waals surface area contributed by atoms with Crippen molar-refractivity contribution in [2.45, 2.75) is 58.1 Å². The maximum atomic E-state index is 5.92. The Hall–Kier alpha value is -0.670. The zero-order valence-corrected chi connectivity index (χ0v) is 14.5. The summed E-state index contributed by atoms with van der Waals surface area (Å²) in [7, 11) is 0. The summed E-state index contributed by atoms with van der Waals surface area (Å²) < 4.78 is 5.92. The van der Waals surface area contributed by atoms with Crippen LogP contribution in [0, 0.1) is 0 Å². The normalized spacial score (nSPS) is 15.8. The van der Waals surface area contributed by atoms with E-state index in [-0.39, 0.29) is 5.60 Å². The number of thioether (sulfide) groups is 1. The molecule has 0 aromatic heterocycles. The third-order valence-corrected chi connectivity index (χ3v) is 4.61. The zero-order chi connectivity index (χ0) is 15.1. The fourth-order valence-corrected chi connectivity index (χ4v) is 3.35. The van der Waals surface area contributed by atoms with E-state index >= 15 is 0 Å². The van der Waals surface area contributed by atoms with Gasteiger partial charge >= 0.3 is 0 Å². The number of ether oxygens (including phenoxy) is 1. The summed E-state index contributed by atoms with van der Waals surface area (Å²) >= 11 is 1.95. The van der Waals surface area contributed by atoms with E-state index < -0.39 is 0 Å². The largest absolute Gasteiger partial charge is 0.487 e. The Morgan fingerprint density at radius 3 is 2.81 bits per heavy atom. The number of fused-ring (bicyclic) bond motifs is 1. The van der Waals surface area contributed by atoms with Gasteiger partial charge in [0.1, 0.15) is 11.4 Å². The minimum Gasteiger partial charge on any atom is -0.487 e. The number of rotatable bonds is 9. The first-order chi connectivity index (χ1) is 10.1. The van der Waals surface area contributed by atoms with Crippen molar-refractivity contribution in [1.29, 1.82) is 0 Å².